The van der Waals surface area contributed by atoms with Crippen molar-refractivity contribution in [1.82, 2.24) is 4.90 Å². The highest BCUT2D eigenvalue weighted by molar-refractivity contribution is 6.32. The lowest BCUT2D eigenvalue weighted by molar-refractivity contribution is -0.158. The van der Waals surface area contributed by atoms with E-state index in [0.29, 0.717) is 6.54 Å². The fourth-order valence-corrected chi connectivity index (χ4v) is 0.789. The van der Waals surface area contributed by atoms with Gasteiger partial charge in [0.2, 0.25) is 0 Å². The summed E-state index contributed by atoms with van der Waals surface area (Å²) in [6.45, 7) is 5.93. The summed E-state index contributed by atoms with van der Waals surface area (Å²) in [5.41, 5.74) is 0. The molecule has 0 aliphatic carbocycles. The zero-order valence-electron chi connectivity index (χ0n) is 8.08. The third-order valence-electron chi connectivity index (χ3n) is 1.41. The van der Waals surface area contributed by atoms with Gasteiger partial charge in [0, 0.05) is 13.6 Å². The van der Waals surface area contributed by atoms with E-state index in [2.05, 4.69) is 11.3 Å². The molecule has 1 amide bonds. The Morgan fingerprint density at radius 3 is 2.62 bits per heavy atom. The largest absolute Gasteiger partial charge is 0.454 e. The SMILES string of the molecule is C=CCOC(=O)C(=O)N(C)CCC. The number of carbonyl (C=O) groups is 2. The van der Waals surface area contributed by atoms with Gasteiger partial charge in [-0.2, -0.15) is 0 Å². The van der Waals surface area contributed by atoms with Crippen molar-refractivity contribution in [3.05, 3.63) is 12.7 Å². The first-order chi connectivity index (χ1) is 6.13. The van der Waals surface area contributed by atoms with Gasteiger partial charge in [0.25, 0.3) is 0 Å². The van der Waals surface area contributed by atoms with Gasteiger partial charge in [0.05, 0.1) is 0 Å². The van der Waals surface area contributed by atoms with Crippen molar-refractivity contribution in [3.8, 4) is 0 Å². The minimum atomic E-state index is -0.823. The molecule has 0 rings (SSSR count). The average molecular weight is 185 g/mol. The van der Waals surface area contributed by atoms with Crippen LogP contribution in [-0.2, 0) is 14.3 Å². The number of hydrogen-bond acceptors (Lipinski definition) is 3. The zero-order valence-corrected chi connectivity index (χ0v) is 8.08. The highest BCUT2D eigenvalue weighted by Crippen LogP contribution is 1.91. The summed E-state index contributed by atoms with van der Waals surface area (Å²) in [6.07, 6.45) is 2.24. The van der Waals surface area contributed by atoms with Gasteiger partial charge in [-0.25, -0.2) is 4.79 Å². The van der Waals surface area contributed by atoms with Gasteiger partial charge >= 0.3 is 11.9 Å². The van der Waals surface area contributed by atoms with E-state index in [4.69, 9.17) is 0 Å². The molecule has 0 aliphatic rings. The van der Waals surface area contributed by atoms with E-state index in [1.54, 1.807) is 7.05 Å². The van der Waals surface area contributed by atoms with E-state index < -0.39 is 11.9 Å². The molecule has 0 bridgehead atoms. The Hall–Kier alpha value is -1.32. The third-order valence-corrected chi connectivity index (χ3v) is 1.41. The number of esters is 1. The van der Waals surface area contributed by atoms with E-state index in [9.17, 15) is 9.59 Å². The Morgan fingerprint density at radius 1 is 1.54 bits per heavy atom. The Labute approximate surface area is 78.2 Å². The fourth-order valence-electron chi connectivity index (χ4n) is 0.789. The Balaban J connectivity index is 3.94. The van der Waals surface area contributed by atoms with E-state index in [1.165, 1.54) is 11.0 Å². The third kappa shape index (κ3) is 4.30. The molecular weight excluding hydrogens is 170 g/mol. The maximum absolute atomic E-state index is 11.2. The molecule has 4 heteroatoms. The number of hydrogen-bond donors (Lipinski definition) is 0. The minimum absolute atomic E-state index is 0.0739. The Kier molecular flexibility index (Phi) is 5.59. The summed E-state index contributed by atoms with van der Waals surface area (Å²) < 4.78 is 4.57. The predicted octanol–water partition coefficient (Wildman–Crippen LogP) is 0.584. The second-order valence-electron chi connectivity index (χ2n) is 2.61. The number of ether oxygens (including phenoxy) is 1. The van der Waals surface area contributed by atoms with Crippen LogP contribution in [0, 0.1) is 0 Å². The van der Waals surface area contributed by atoms with Crippen LogP contribution >= 0.6 is 0 Å². The van der Waals surface area contributed by atoms with Gasteiger partial charge in [0.15, 0.2) is 0 Å². The number of carbonyl (C=O) groups excluding carboxylic acids is 2. The molecule has 0 atom stereocenters. The monoisotopic (exact) mass is 185 g/mol. The zero-order chi connectivity index (χ0) is 10.3. The predicted molar refractivity (Wildman–Crippen MR) is 49.1 cm³/mol. The van der Waals surface area contributed by atoms with E-state index in [1.807, 2.05) is 6.92 Å². The van der Waals surface area contributed by atoms with Crippen molar-refractivity contribution < 1.29 is 14.3 Å². The quantitative estimate of drug-likeness (QED) is 0.366. The number of likely N-dealkylation sites (N-methyl/N-ethyl adjacent to an activating group) is 1. The molecular formula is C9H15NO3. The van der Waals surface area contributed by atoms with Gasteiger partial charge < -0.3 is 9.64 Å². The van der Waals surface area contributed by atoms with Crippen molar-refractivity contribution in [2.75, 3.05) is 20.2 Å². The molecule has 0 aliphatic heterocycles. The lowest BCUT2D eigenvalue weighted by Gasteiger charge is -2.13. The van der Waals surface area contributed by atoms with E-state index in [0.717, 1.165) is 6.42 Å². The first kappa shape index (κ1) is 11.7. The lowest BCUT2D eigenvalue weighted by Crippen LogP contribution is -2.35. The van der Waals surface area contributed by atoms with E-state index in [-0.39, 0.29) is 6.61 Å². The molecule has 0 unspecified atom stereocenters. The van der Waals surface area contributed by atoms with Crippen LogP contribution in [0.15, 0.2) is 12.7 Å². The van der Waals surface area contributed by atoms with Crippen molar-refractivity contribution >= 4 is 11.9 Å². The average Bonchev–Trinajstić information content (AvgIpc) is 2.13. The molecule has 0 fully saturated rings. The molecule has 0 spiro atoms. The molecule has 13 heavy (non-hydrogen) atoms. The van der Waals surface area contributed by atoms with Crippen molar-refractivity contribution in [2.24, 2.45) is 0 Å². The van der Waals surface area contributed by atoms with Gasteiger partial charge in [-0.3, -0.25) is 4.79 Å². The molecule has 4 nitrogen and oxygen atoms in total. The molecule has 0 saturated heterocycles. The van der Waals surface area contributed by atoms with Gasteiger partial charge in [-0.15, -0.1) is 0 Å². The number of rotatable bonds is 4. The summed E-state index contributed by atoms with van der Waals surface area (Å²) in [4.78, 5) is 23.5. The Bertz CT molecular complexity index is 201. The highest BCUT2D eigenvalue weighted by atomic mass is 16.5. The van der Waals surface area contributed by atoms with Crippen molar-refractivity contribution in [2.45, 2.75) is 13.3 Å². The van der Waals surface area contributed by atoms with Gasteiger partial charge in [-0.05, 0) is 6.42 Å². The van der Waals surface area contributed by atoms with Crippen LogP contribution in [0.25, 0.3) is 0 Å². The van der Waals surface area contributed by atoms with Crippen LogP contribution in [-0.4, -0.2) is 37.0 Å². The minimum Gasteiger partial charge on any atom is -0.454 e. The van der Waals surface area contributed by atoms with Crippen LogP contribution in [0.2, 0.25) is 0 Å². The molecule has 0 heterocycles. The highest BCUT2D eigenvalue weighted by Gasteiger charge is 2.18. The summed E-state index contributed by atoms with van der Waals surface area (Å²) in [7, 11) is 1.57. The van der Waals surface area contributed by atoms with Gasteiger partial charge in [0.1, 0.15) is 6.61 Å². The molecule has 0 N–H and O–H groups in total. The first-order valence-electron chi connectivity index (χ1n) is 4.16. The van der Waals surface area contributed by atoms with Crippen LogP contribution in [0.1, 0.15) is 13.3 Å². The smallest absolute Gasteiger partial charge is 0.397 e. The topological polar surface area (TPSA) is 46.6 Å². The first-order valence-corrected chi connectivity index (χ1v) is 4.16. The van der Waals surface area contributed by atoms with E-state index >= 15 is 0 Å². The summed E-state index contributed by atoms with van der Waals surface area (Å²) in [5, 5.41) is 0. The number of nitrogens with zero attached hydrogens (tertiary/aromatic N) is 1. The lowest BCUT2D eigenvalue weighted by atomic mass is 10.4. The summed E-state index contributed by atoms with van der Waals surface area (Å²) in [6, 6.07) is 0. The van der Waals surface area contributed by atoms with Crippen LogP contribution in [0.4, 0.5) is 0 Å². The maximum Gasteiger partial charge on any atom is 0.397 e. The van der Waals surface area contributed by atoms with Crippen LogP contribution in [0.3, 0.4) is 0 Å². The molecule has 74 valence electrons. The van der Waals surface area contributed by atoms with Crippen molar-refractivity contribution in [3.63, 3.8) is 0 Å². The number of amides is 1. The second kappa shape index (κ2) is 6.22. The molecule has 0 aromatic heterocycles. The fraction of sp³-hybridized carbons (Fsp3) is 0.556. The standard InChI is InChI=1S/C9H15NO3/c1-4-6-10(3)8(11)9(12)13-7-5-2/h5H,2,4,6-7H2,1,3H3. The van der Waals surface area contributed by atoms with Crippen molar-refractivity contribution in [1.29, 1.82) is 0 Å². The summed E-state index contributed by atoms with van der Waals surface area (Å²) in [5.74, 6) is -1.43. The molecule has 0 aromatic rings. The second-order valence-corrected chi connectivity index (χ2v) is 2.61. The van der Waals surface area contributed by atoms with Crippen LogP contribution < -0.4 is 0 Å². The molecule has 0 saturated carbocycles. The van der Waals surface area contributed by atoms with Crippen LogP contribution in [0.5, 0.6) is 0 Å². The van der Waals surface area contributed by atoms with Gasteiger partial charge in [-0.1, -0.05) is 19.6 Å². The summed E-state index contributed by atoms with van der Waals surface area (Å²) >= 11 is 0. The molecule has 0 radical (unpaired) electrons. The maximum atomic E-state index is 11.2. The Morgan fingerprint density at radius 2 is 2.15 bits per heavy atom. The molecule has 0 aromatic carbocycles. The normalized spacial score (nSPS) is 9.08.